The standard InChI is InChI=1S/C14H15N5/c1-11-5-6-13-17-14(18-19(13)10-11)16-9-7-12-4-2-3-8-15-12/h2-6,8,10H,7,9H2,1H3,(H,16,18). The van der Waals surface area contributed by atoms with E-state index in [0.29, 0.717) is 5.95 Å². The Kier molecular flexibility index (Phi) is 3.10. The van der Waals surface area contributed by atoms with Gasteiger partial charge < -0.3 is 5.32 Å². The van der Waals surface area contributed by atoms with Crippen LogP contribution in [0, 0.1) is 6.92 Å². The van der Waals surface area contributed by atoms with E-state index < -0.39 is 0 Å². The van der Waals surface area contributed by atoms with Gasteiger partial charge in [0, 0.05) is 31.1 Å². The Morgan fingerprint density at radius 3 is 3.00 bits per heavy atom. The minimum Gasteiger partial charge on any atom is -0.353 e. The van der Waals surface area contributed by atoms with Crippen molar-refractivity contribution in [3.8, 4) is 0 Å². The second kappa shape index (κ2) is 5.06. The summed E-state index contributed by atoms with van der Waals surface area (Å²) in [7, 11) is 0. The molecule has 0 unspecified atom stereocenters. The van der Waals surface area contributed by atoms with Crippen molar-refractivity contribution in [2.24, 2.45) is 0 Å². The van der Waals surface area contributed by atoms with Gasteiger partial charge in [-0.1, -0.05) is 12.1 Å². The summed E-state index contributed by atoms with van der Waals surface area (Å²) in [5.41, 5.74) is 3.08. The molecule has 0 aromatic carbocycles. The second-order valence-electron chi connectivity index (χ2n) is 4.44. The molecule has 0 fully saturated rings. The third-order valence-electron chi connectivity index (χ3n) is 2.87. The van der Waals surface area contributed by atoms with Crippen LogP contribution < -0.4 is 5.32 Å². The number of nitrogens with one attached hydrogen (secondary N) is 1. The normalized spacial score (nSPS) is 10.8. The first-order valence-electron chi connectivity index (χ1n) is 6.28. The molecule has 0 atom stereocenters. The maximum Gasteiger partial charge on any atom is 0.243 e. The number of hydrogen-bond acceptors (Lipinski definition) is 4. The van der Waals surface area contributed by atoms with Gasteiger partial charge in [0.05, 0.1) is 0 Å². The first-order chi connectivity index (χ1) is 9.31. The molecule has 0 aliphatic carbocycles. The van der Waals surface area contributed by atoms with Crippen molar-refractivity contribution < 1.29 is 0 Å². The number of hydrogen-bond donors (Lipinski definition) is 1. The molecular weight excluding hydrogens is 238 g/mol. The highest BCUT2D eigenvalue weighted by molar-refractivity contribution is 5.44. The number of rotatable bonds is 4. The minimum atomic E-state index is 0.654. The number of aromatic nitrogens is 4. The Balaban J connectivity index is 1.65. The lowest BCUT2D eigenvalue weighted by Crippen LogP contribution is -2.07. The van der Waals surface area contributed by atoms with Gasteiger partial charge in [0.1, 0.15) is 0 Å². The van der Waals surface area contributed by atoms with Crippen LogP contribution in [0.4, 0.5) is 5.95 Å². The summed E-state index contributed by atoms with van der Waals surface area (Å²) >= 11 is 0. The molecule has 3 aromatic heterocycles. The molecule has 3 aromatic rings. The van der Waals surface area contributed by atoms with Crippen LogP contribution in [0.1, 0.15) is 11.3 Å². The Morgan fingerprint density at radius 1 is 1.21 bits per heavy atom. The van der Waals surface area contributed by atoms with Crippen LogP contribution in [0.15, 0.2) is 42.7 Å². The zero-order valence-corrected chi connectivity index (χ0v) is 10.7. The van der Waals surface area contributed by atoms with Crippen molar-refractivity contribution in [2.45, 2.75) is 13.3 Å². The molecular formula is C14H15N5. The maximum absolute atomic E-state index is 4.41. The molecule has 3 rings (SSSR count). The molecule has 96 valence electrons. The van der Waals surface area contributed by atoms with Gasteiger partial charge in [-0.15, -0.1) is 5.10 Å². The Labute approximate surface area is 111 Å². The molecule has 0 aliphatic heterocycles. The lowest BCUT2D eigenvalue weighted by atomic mass is 10.3. The van der Waals surface area contributed by atoms with Gasteiger partial charge in [-0.3, -0.25) is 4.98 Å². The molecule has 1 N–H and O–H groups in total. The lowest BCUT2D eigenvalue weighted by molar-refractivity contribution is 0.917. The van der Waals surface area contributed by atoms with Crippen LogP contribution in [0.5, 0.6) is 0 Å². The summed E-state index contributed by atoms with van der Waals surface area (Å²) in [5.74, 6) is 0.654. The van der Waals surface area contributed by atoms with Gasteiger partial charge in [0.2, 0.25) is 5.95 Å². The molecule has 5 nitrogen and oxygen atoms in total. The van der Waals surface area contributed by atoms with Crippen molar-refractivity contribution in [1.82, 2.24) is 19.6 Å². The van der Waals surface area contributed by atoms with Crippen molar-refractivity contribution in [3.05, 3.63) is 54.0 Å². The highest BCUT2D eigenvalue weighted by Crippen LogP contribution is 2.07. The quantitative estimate of drug-likeness (QED) is 0.773. The van der Waals surface area contributed by atoms with E-state index in [1.165, 1.54) is 0 Å². The van der Waals surface area contributed by atoms with Crippen LogP contribution in [0.2, 0.25) is 0 Å². The van der Waals surface area contributed by atoms with Crippen molar-refractivity contribution in [1.29, 1.82) is 0 Å². The molecule has 0 spiro atoms. The average Bonchev–Trinajstić information content (AvgIpc) is 2.82. The van der Waals surface area contributed by atoms with Crippen molar-refractivity contribution in [2.75, 3.05) is 11.9 Å². The number of aryl methyl sites for hydroxylation is 1. The number of fused-ring (bicyclic) bond motifs is 1. The summed E-state index contributed by atoms with van der Waals surface area (Å²) in [6.45, 7) is 2.81. The fourth-order valence-corrected chi connectivity index (χ4v) is 1.91. The van der Waals surface area contributed by atoms with Gasteiger partial charge in [0.15, 0.2) is 5.65 Å². The second-order valence-corrected chi connectivity index (χ2v) is 4.44. The van der Waals surface area contributed by atoms with E-state index in [1.807, 2.05) is 43.5 Å². The molecule has 0 radical (unpaired) electrons. The third-order valence-corrected chi connectivity index (χ3v) is 2.87. The third kappa shape index (κ3) is 2.70. The van der Waals surface area contributed by atoms with Gasteiger partial charge >= 0.3 is 0 Å². The van der Waals surface area contributed by atoms with E-state index >= 15 is 0 Å². The molecule has 19 heavy (non-hydrogen) atoms. The molecule has 0 aliphatic rings. The zero-order valence-electron chi connectivity index (χ0n) is 10.7. The highest BCUT2D eigenvalue weighted by atomic mass is 15.3. The fourth-order valence-electron chi connectivity index (χ4n) is 1.91. The zero-order chi connectivity index (χ0) is 13.1. The predicted molar refractivity (Wildman–Crippen MR) is 74.2 cm³/mol. The summed E-state index contributed by atoms with van der Waals surface area (Å²) < 4.78 is 1.79. The molecule has 0 saturated heterocycles. The first-order valence-corrected chi connectivity index (χ1v) is 6.28. The lowest BCUT2D eigenvalue weighted by Gasteiger charge is -2.00. The summed E-state index contributed by atoms with van der Waals surface area (Å²) in [5, 5.41) is 7.60. The molecule has 0 amide bonds. The van der Waals surface area contributed by atoms with Crippen molar-refractivity contribution in [3.63, 3.8) is 0 Å². The van der Waals surface area contributed by atoms with Crippen LogP contribution in [0.3, 0.4) is 0 Å². The van der Waals surface area contributed by atoms with E-state index in [-0.39, 0.29) is 0 Å². The monoisotopic (exact) mass is 253 g/mol. The fraction of sp³-hybridized carbons (Fsp3) is 0.214. The summed E-state index contributed by atoms with van der Waals surface area (Å²) in [4.78, 5) is 8.68. The van der Waals surface area contributed by atoms with Crippen LogP contribution in [-0.2, 0) is 6.42 Å². The van der Waals surface area contributed by atoms with Gasteiger partial charge in [-0.25, -0.2) is 4.52 Å². The van der Waals surface area contributed by atoms with E-state index in [9.17, 15) is 0 Å². The largest absolute Gasteiger partial charge is 0.353 e. The maximum atomic E-state index is 4.41. The first kappa shape index (κ1) is 11.6. The summed E-state index contributed by atoms with van der Waals surface area (Å²) in [6, 6.07) is 9.92. The molecule has 0 saturated carbocycles. The SMILES string of the molecule is Cc1ccc2nc(NCCc3ccccn3)nn2c1. The van der Waals surface area contributed by atoms with Gasteiger partial charge in [0.25, 0.3) is 0 Å². The minimum absolute atomic E-state index is 0.654. The molecule has 3 heterocycles. The van der Waals surface area contributed by atoms with Crippen LogP contribution >= 0.6 is 0 Å². The predicted octanol–water partition coefficient (Wildman–Crippen LogP) is 2.09. The van der Waals surface area contributed by atoms with E-state index in [4.69, 9.17) is 0 Å². The Morgan fingerprint density at radius 2 is 2.16 bits per heavy atom. The van der Waals surface area contributed by atoms with E-state index in [2.05, 4.69) is 20.4 Å². The van der Waals surface area contributed by atoms with Crippen LogP contribution in [0.25, 0.3) is 5.65 Å². The van der Waals surface area contributed by atoms with Gasteiger partial charge in [-0.2, -0.15) is 4.98 Å². The Bertz CT molecular complexity index is 675. The average molecular weight is 253 g/mol. The summed E-state index contributed by atoms with van der Waals surface area (Å²) in [6.07, 6.45) is 4.63. The van der Waals surface area contributed by atoms with Crippen LogP contribution in [-0.4, -0.2) is 26.1 Å². The topological polar surface area (TPSA) is 55.1 Å². The highest BCUT2D eigenvalue weighted by Gasteiger charge is 2.02. The Hall–Kier alpha value is -2.43. The van der Waals surface area contributed by atoms with Gasteiger partial charge in [-0.05, 0) is 30.7 Å². The van der Waals surface area contributed by atoms with Crippen molar-refractivity contribution >= 4 is 11.6 Å². The number of pyridine rings is 2. The van der Waals surface area contributed by atoms with E-state index in [1.54, 1.807) is 10.7 Å². The number of nitrogens with zero attached hydrogens (tertiary/aromatic N) is 4. The molecule has 5 heteroatoms. The van der Waals surface area contributed by atoms with E-state index in [0.717, 1.165) is 29.9 Å². The smallest absolute Gasteiger partial charge is 0.243 e. The molecule has 0 bridgehead atoms. The number of anilines is 1.